The van der Waals surface area contributed by atoms with E-state index in [9.17, 15) is 18.0 Å². The standard InChI is InChI=1S/C18H17F3N2O/c1-11-7-12(2)16(13(3)8-11)10-22-23-17(24)14-5-4-6-15(9-14)18(19,20)21/h4-10H,1-3H3,(H,23,24)/b22-10-. The maximum Gasteiger partial charge on any atom is 0.416 e. The molecule has 0 aliphatic carbocycles. The van der Waals surface area contributed by atoms with Gasteiger partial charge in [-0.05, 0) is 50.1 Å². The maximum absolute atomic E-state index is 12.7. The van der Waals surface area contributed by atoms with Gasteiger partial charge >= 0.3 is 6.18 Å². The van der Waals surface area contributed by atoms with Crippen LogP contribution in [0.15, 0.2) is 41.5 Å². The quantitative estimate of drug-likeness (QED) is 0.656. The van der Waals surface area contributed by atoms with Crippen molar-refractivity contribution in [3.8, 4) is 0 Å². The second-order valence-electron chi connectivity index (χ2n) is 5.59. The largest absolute Gasteiger partial charge is 0.416 e. The van der Waals surface area contributed by atoms with Crippen molar-refractivity contribution in [3.05, 3.63) is 69.8 Å². The van der Waals surface area contributed by atoms with E-state index in [1.165, 1.54) is 18.3 Å². The van der Waals surface area contributed by atoms with Gasteiger partial charge in [0, 0.05) is 11.1 Å². The number of nitrogens with one attached hydrogen (secondary N) is 1. The van der Waals surface area contributed by atoms with E-state index in [1.54, 1.807) is 0 Å². The van der Waals surface area contributed by atoms with Crippen molar-refractivity contribution in [2.45, 2.75) is 26.9 Å². The zero-order valence-corrected chi connectivity index (χ0v) is 13.5. The zero-order chi connectivity index (χ0) is 17.9. The summed E-state index contributed by atoms with van der Waals surface area (Å²) in [6.45, 7) is 5.84. The van der Waals surface area contributed by atoms with E-state index in [2.05, 4.69) is 10.5 Å². The van der Waals surface area contributed by atoms with Crippen molar-refractivity contribution in [1.82, 2.24) is 5.43 Å². The van der Waals surface area contributed by atoms with Gasteiger partial charge in [0.2, 0.25) is 0 Å². The lowest BCUT2D eigenvalue weighted by Gasteiger charge is -2.08. The number of rotatable bonds is 3. The van der Waals surface area contributed by atoms with Crippen LogP contribution in [0.1, 0.15) is 38.2 Å². The molecule has 1 amide bonds. The second-order valence-corrected chi connectivity index (χ2v) is 5.59. The number of halogens is 3. The highest BCUT2D eigenvalue weighted by molar-refractivity contribution is 5.95. The average Bonchev–Trinajstić information content (AvgIpc) is 2.49. The Morgan fingerprint density at radius 3 is 2.29 bits per heavy atom. The maximum atomic E-state index is 12.7. The van der Waals surface area contributed by atoms with Crippen molar-refractivity contribution in [3.63, 3.8) is 0 Å². The summed E-state index contributed by atoms with van der Waals surface area (Å²) in [7, 11) is 0. The van der Waals surface area contributed by atoms with Gasteiger partial charge in [0.15, 0.2) is 0 Å². The van der Waals surface area contributed by atoms with Gasteiger partial charge in [0.25, 0.3) is 5.91 Å². The predicted molar refractivity (Wildman–Crippen MR) is 87.2 cm³/mol. The van der Waals surface area contributed by atoms with E-state index >= 15 is 0 Å². The van der Waals surface area contributed by atoms with Crippen LogP contribution in [-0.4, -0.2) is 12.1 Å². The smallest absolute Gasteiger partial charge is 0.267 e. The number of benzene rings is 2. The SMILES string of the molecule is Cc1cc(C)c(/C=N\NC(=O)c2cccc(C(F)(F)F)c2)c(C)c1. The Bertz CT molecular complexity index is 772. The summed E-state index contributed by atoms with van der Waals surface area (Å²) in [4.78, 5) is 11.9. The normalized spacial score (nSPS) is 11.8. The Labute approximate surface area is 138 Å². The number of amides is 1. The first kappa shape index (κ1) is 17.7. The molecular formula is C18H17F3N2O. The molecule has 0 spiro atoms. The van der Waals surface area contributed by atoms with Crippen LogP contribution in [0.25, 0.3) is 0 Å². The minimum Gasteiger partial charge on any atom is -0.267 e. The second kappa shape index (κ2) is 6.86. The molecule has 2 rings (SSSR count). The highest BCUT2D eigenvalue weighted by atomic mass is 19.4. The van der Waals surface area contributed by atoms with Crippen molar-refractivity contribution < 1.29 is 18.0 Å². The molecule has 0 bridgehead atoms. The van der Waals surface area contributed by atoms with Crippen molar-refractivity contribution >= 4 is 12.1 Å². The molecule has 0 radical (unpaired) electrons. The number of nitrogens with zero attached hydrogens (tertiary/aromatic N) is 1. The molecule has 3 nitrogen and oxygen atoms in total. The summed E-state index contributed by atoms with van der Waals surface area (Å²) < 4.78 is 38.0. The zero-order valence-electron chi connectivity index (χ0n) is 13.5. The Kier molecular flexibility index (Phi) is 5.07. The lowest BCUT2D eigenvalue weighted by Crippen LogP contribution is -2.18. The van der Waals surface area contributed by atoms with Crippen LogP contribution < -0.4 is 5.43 Å². The summed E-state index contributed by atoms with van der Waals surface area (Å²) in [5.74, 6) is -0.695. The molecule has 0 saturated carbocycles. The van der Waals surface area contributed by atoms with Gasteiger partial charge in [0.1, 0.15) is 0 Å². The molecule has 6 heteroatoms. The highest BCUT2D eigenvalue weighted by Gasteiger charge is 2.30. The lowest BCUT2D eigenvalue weighted by atomic mass is 10.0. The molecule has 1 N–H and O–H groups in total. The number of hydrogen-bond acceptors (Lipinski definition) is 2. The van der Waals surface area contributed by atoms with Gasteiger partial charge in [-0.15, -0.1) is 0 Å². The lowest BCUT2D eigenvalue weighted by molar-refractivity contribution is -0.137. The van der Waals surface area contributed by atoms with Crippen molar-refractivity contribution in [2.24, 2.45) is 5.10 Å². The molecule has 0 aromatic heterocycles. The number of alkyl halides is 3. The van der Waals surface area contributed by atoms with E-state index in [0.717, 1.165) is 34.4 Å². The highest BCUT2D eigenvalue weighted by Crippen LogP contribution is 2.29. The van der Waals surface area contributed by atoms with Gasteiger partial charge < -0.3 is 0 Å². The first-order chi connectivity index (χ1) is 11.2. The van der Waals surface area contributed by atoms with Crippen LogP contribution in [0.4, 0.5) is 13.2 Å². The molecule has 0 heterocycles. The van der Waals surface area contributed by atoms with Crippen LogP contribution in [-0.2, 0) is 6.18 Å². The number of aryl methyl sites for hydroxylation is 3. The Morgan fingerprint density at radius 1 is 1.08 bits per heavy atom. The number of hydrogen-bond donors (Lipinski definition) is 1. The van der Waals surface area contributed by atoms with Gasteiger partial charge in [-0.2, -0.15) is 18.3 Å². The van der Waals surface area contributed by atoms with Gasteiger partial charge in [-0.1, -0.05) is 23.8 Å². The molecule has 24 heavy (non-hydrogen) atoms. The summed E-state index contributed by atoms with van der Waals surface area (Å²) in [5.41, 5.74) is 5.28. The van der Waals surface area contributed by atoms with Gasteiger partial charge in [-0.3, -0.25) is 4.79 Å². The van der Waals surface area contributed by atoms with Crippen LogP contribution in [0, 0.1) is 20.8 Å². The van der Waals surface area contributed by atoms with Crippen LogP contribution >= 0.6 is 0 Å². The summed E-state index contributed by atoms with van der Waals surface area (Å²) >= 11 is 0. The molecule has 126 valence electrons. The monoisotopic (exact) mass is 334 g/mol. The third-order valence-corrected chi connectivity index (χ3v) is 3.55. The Hall–Kier alpha value is -2.63. The molecular weight excluding hydrogens is 317 g/mol. The van der Waals surface area contributed by atoms with E-state index in [1.807, 2.05) is 32.9 Å². The Balaban J connectivity index is 2.14. The molecule has 0 unspecified atom stereocenters. The van der Waals surface area contributed by atoms with Crippen LogP contribution in [0.5, 0.6) is 0 Å². The average molecular weight is 334 g/mol. The van der Waals surface area contributed by atoms with Gasteiger partial charge in [0.05, 0.1) is 11.8 Å². The number of carbonyl (C=O) groups excluding carboxylic acids is 1. The fourth-order valence-electron chi connectivity index (χ4n) is 2.45. The topological polar surface area (TPSA) is 41.5 Å². The van der Waals surface area contributed by atoms with E-state index < -0.39 is 17.6 Å². The predicted octanol–water partition coefficient (Wildman–Crippen LogP) is 4.39. The molecule has 0 fully saturated rings. The minimum atomic E-state index is -4.49. The van der Waals surface area contributed by atoms with Gasteiger partial charge in [-0.25, -0.2) is 5.43 Å². The van der Waals surface area contributed by atoms with Crippen LogP contribution in [0.2, 0.25) is 0 Å². The first-order valence-corrected chi connectivity index (χ1v) is 7.27. The third-order valence-electron chi connectivity index (χ3n) is 3.55. The molecule has 2 aromatic carbocycles. The molecule has 0 aliphatic rings. The minimum absolute atomic E-state index is 0.0978. The fourth-order valence-corrected chi connectivity index (χ4v) is 2.45. The van der Waals surface area contributed by atoms with E-state index in [0.29, 0.717) is 0 Å². The summed E-state index contributed by atoms with van der Waals surface area (Å²) in [5, 5.41) is 3.86. The van der Waals surface area contributed by atoms with Crippen LogP contribution in [0.3, 0.4) is 0 Å². The van der Waals surface area contributed by atoms with Crippen molar-refractivity contribution in [1.29, 1.82) is 0 Å². The third kappa shape index (κ3) is 4.22. The summed E-state index contributed by atoms with van der Waals surface area (Å²) in [6.07, 6.45) is -2.99. The number of hydrazone groups is 1. The molecule has 0 atom stereocenters. The Morgan fingerprint density at radius 2 is 1.71 bits per heavy atom. The molecule has 0 aliphatic heterocycles. The van der Waals surface area contributed by atoms with E-state index in [4.69, 9.17) is 0 Å². The first-order valence-electron chi connectivity index (χ1n) is 7.27. The molecule has 0 saturated heterocycles. The molecule has 2 aromatic rings. The fraction of sp³-hybridized carbons (Fsp3) is 0.222. The summed E-state index contributed by atoms with van der Waals surface area (Å²) in [6, 6.07) is 8.19. The van der Waals surface area contributed by atoms with E-state index in [-0.39, 0.29) is 5.56 Å². The van der Waals surface area contributed by atoms with Crippen molar-refractivity contribution in [2.75, 3.05) is 0 Å². The number of carbonyl (C=O) groups is 1.